The Morgan fingerprint density at radius 2 is 2.06 bits per heavy atom. The van der Waals surface area contributed by atoms with Gasteiger partial charge >= 0.3 is 0 Å². The minimum Gasteiger partial charge on any atom is -0.396 e. The molecule has 0 spiro atoms. The molecule has 0 fully saturated rings. The Labute approximate surface area is 98.5 Å². The van der Waals surface area contributed by atoms with E-state index in [4.69, 9.17) is 5.11 Å². The van der Waals surface area contributed by atoms with E-state index >= 15 is 0 Å². The molecule has 0 aliphatic heterocycles. The summed E-state index contributed by atoms with van der Waals surface area (Å²) in [6, 6.07) is 3.42. The first-order valence-corrected chi connectivity index (χ1v) is 5.20. The van der Waals surface area contributed by atoms with Crippen molar-refractivity contribution in [3.8, 4) is 0 Å². The van der Waals surface area contributed by atoms with Crippen LogP contribution in [0.5, 0.6) is 0 Å². The fourth-order valence-corrected chi connectivity index (χ4v) is 1.15. The molecule has 0 aliphatic carbocycles. The van der Waals surface area contributed by atoms with Crippen LogP contribution in [-0.2, 0) is 0 Å². The molecule has 0 saturated heterocycles. The standard InChI is InChI=1S/C12H15F2NO2/c1-12(2,7-16)6-15-11(17)8-4-3-5-9(13)10(8)14/h3-5,16H,6-7H2,1-2H3,(H,15,17). The third kappa shape index (κ3) is 3.49. The molecule has 0 radical (unpaired) electrons. The molecular formula is C12H15F2NO2. The van der Waals surface area contributed by atoms with E-state index in [1.807, 2.05) is 0 Å². The quantitative estimate of drug-likeness (QED) is 0.845. The van der Waals surface area contributed by atoms with Crippen molar-refractivity contribution in [3.05, 3.63) is 35.4 Å². The average Bonchev–Trinajstić information content (AvgIpc) is 2.30. The van der Waals surface area contributed by atoms with Crippen LogP contribution in [0, 0.1) is 17.0 Å². The Hall–Kier alpha value is -1.49. The van der Waals surface area contributed by atoms with Gasteiger partial charge in [0.1, 0.15) is 0 Å². The minimum absolute atomic E-state index is 0.112. The lowest BCUT2D eigenvalue weighted by molar-refractivity contribution is 0.0906. The lowest BCUT2D eigenvalue weighted by Crippen LogP contribution is -2.36. The predicted octanol–water partition coefficient (Wildman–Crippen LogP) is 1.71. The minimum atomic E-state index is -1.16. The van der Waals surface area contributed by atoms with Crippen LogP contribution in [0.4, 0.5) is 8.78 Å². The van der Waals surface area contributed by atoms with Gasteiger partial charge in [-0.1, -0.05) is 19.9 Å². The molecule has 2 N–H and O–H groups in total. The predicted molar refractivity (Wildman–Crippen MR) is 59.6 cm³/mol. The smallest absolute Gasteiger partial charge is 0.254 e. The molecule has 5 heteroatoms. The summed E-state index contributed by atoms with van der Waals surface area (Å²) >= 11 is 0. The molecule has 0 atom stereocenters. The summed E-state index contributed by atoms with van der Waals surface area (Å²) in [5.41, 5.74) is -0.835. The van der Waals surface area contributed by atoms with E-state index in [-0.39, 0.29) is 18.7 Å². The third-order valence-electron chi connectivity index (χ3n) is 2.35. The molecule has 94 valence electrons. The van der Waals surface area contributed by atoms with Gasteiger partial charge in [0.25, 0.3) is 5.91 Å². The number of hydrogen-bond donors (Lipinski definition) is 2. The van der Waals surface area contributed by atoms with Gasteiger partial charge in [0.05, 0.1) is 5.56 Å². The SMILES string of the molecule is CC(C)(CO)CNC(=O)c1cccc(F)c1F. The van der Waals surface area contributed by atoms with Crippen molar-refractivity contribution in [3.63, 3.8) is 0 Å². The van der Waals surface area contributed by atoms with Crippen molar-refractivity contribution < 1.29 is 18.7 Å². The second-order valence-corrected chi connectivity index (χ2v) is 4.61. The first-order valence-electron chi connectivity index (χ1n) is 5.20. The topological polar surface area (TPSA) is 49.3 Å². The summed E-state index contributed by atoms with van der Waals surface area (Å²) < 4.78 is 26.2. The molecule has 17 heavy (non-hydrogen) atoms. The molecule has 0 aromatic heterocycles. The van der Waals surface area contributed by atoms with Gasteiger partial charge in [0.15, 0.2) is 11.6 Å². The number of carbonyl (C=O) groups is 1. The molecule has 0 bridgehead atoms. The summed E-state index contributed by atoms with van der Waals surface area (Å²) in [6.45, 7) is 3.56. The molecule has 1 amide bonds. The Morgan fingerprint density at radius 1 is 1.41 bits per heavy atom. The van der Waals surface area contributed by atoms with Gasteiger partial charge in [-0.2, -0.15) is 0 Å². The van der Waals surface area contributed by atoms with E-state index in [9.17, 15) is 13.6 Å². The summed E-state index contributed by atoms with van der Waals surface area (Å²) in [6.07, 6.45) is 0. The zero-order valence-electron chi connectivity index (χ0n) is 9.76. The van der Waals surface area contributed by atoms with Crippen LogP contribution in [-0.4, -0.2) is 24.2 Å². The molecule has 0 heterocycles. The fourth-order valence-electron chi connectivity index (χ4n) is 1.15. The van der Waals surface area contributed by atoms with E-state index in [2.05, 4.69) is 5.32 Å². The number of halogens is 2. The van der Waals surface area contributed by atoms with E-state index in [0.29, 0.717) is 0 Å². The van der Waals surface area contributed by atoms with Crippen LogP contribution in [0.2, 0.25) is 0 Å². The molecule has 1 aromatic carbocycles. The molecule has 1 aromatic rings. The second kappa shape index (κ2) is 5.23. The monoisotopic (exact) mass is 243 g/mol. The Bertz CT molecular complexity index is 419. The second-order valence-electron chi connectivity index (χ2n) is 4.61. The summed E-state index contributed by atoms with van der Waals surface area (Å²) in [5, 5.41) is 11.4. The molecule has 0 aliphatic rings. The van der Waals surface area contributed by atoms with Crippen molar-refractivity contribution in [1.82, 2.24) is 5.32 Å². The average molecular weight is 243 g/mol. The van der Waals surface area contributed by atoms with Crippen LogP contribution in [0.1, 0.15) is 24.2 Å². The highest BCUT2D eigenvalue weighted by Crippen LogP contribution is 2.14. The highest BCUT2D eigenvalue weighted by Gasteiger charge is 2.20. The number of aliphatic hydroxyl groups is 1. The molecule has 1 rings (SSSR count). The fraction of sp³-hybridized carbons (Fsp3) is 0.417. The molecule has 3 nitrogen and oxygen atoms in total. The normalized spacial score (nSPS) is 11.4. The number of aliphatic hydroxyl groups excluding tert-OH is 1. The van der Waals surface area contributed by atoms with E-state index in [0.717, 1.165) is 6.07 Å². The van der Waals surface area contributed by atoms with Gasteiger partial charge in [0, 0.05) is 18.6 Å². The van der Waals surface area contributed by atoms with Crippen molar-refractivity contribution >= 4 is 5.91 Å². The van der Waals surface area contributed by atoms with Crippen molar-refractivity contribution in [2.45, 2.75) is 13.8 Å². The van der Waals surface area contributed by atoms with Crippen molar-refractivity contribution in [1.29, 1.82) is 0 Å². The summed E-state index contributed by atoms with van der Waals surface area (Å²) in [5.74, 6) is -2.91. The number of hydrogen-bond acceptors (Lipinski definition) is 2. The van der Waals surface area contributed by atoms with Crippen LogP contribution in [0.25, 0.3) is 0 Å². The van der Waals surface area contributed by atoms with Gasteiger partial charge < -0.3 is 10.4 Å². The number of carbonyl (C=O) groups excluding carboxylic acids is 1. The number of nitrogens with one attached hydrogen (secondary N) is 1. The van der Waals surface area contributed by atoms with Crippen LogP contribution < -0.4 is 5.32 Å². The highest BCUT2D eigenvalue weighted by atomic mass is 19.2. The van der Waals surface area contributed by atoms with Gasteiger partial charge in [-0.05, 0) is 12.1 Å². The Balaban J connectivity index is 2.74. The molecular weight excluding hydrogens is 228 g/mol. The highest BCUT2D eigenvalue weighted by molar-refractivity contribution is 5.94. The van der Waals surface area contributed by atoms with E-state index in [1.165, 1.54) is 12.1 Å². The number of rotatable bonds is 4. The van der Waals surface area contributed by atoms with E-state index < -0.39 is 23.0 Å². The molecule has 0 saturated carbocycles. The number of benzene rings is 1. The van der Waals surface area contributed by atoms with Crippen LogP contribution in [0.15, 0.2) is 18.2 Å². The number of amides is 1. The van der Waals surface area contributed by atoms with Gasteiger partial charge in [-0.15, -0.1) is 0 Å². The first-order chi connectivity index (χ1) is 7.87. The zero-order valence-corrected chi connectivity index (χ0v) is 9.76. The maximum atomic E-state index is 13.3. The third-order valence-corrected chi connectivity index (χ3v) is 2.35. The van der Waals surface area contributed by atoms with Crippen LogP contribution in [0.3, 0.4) is 0 Å². The Kier molecular flexibility index (Phi) is 4.17. The van der Waals surface area contributed by atoms with Crippen molar-refractivity contribution in [2.24, 2.45) is 5.41 Å². The van der Waals surface area contributed by atoms with Gasteiger partial charge in [-0.3, -0.25) is 4.79 Å². The summed E-state index contributed by atoms with van der Waals surface area (Å²) in [7, 11) is 0. The van der Waals surface area contributed by atoms with E-state index in [1.54, 1.807) is 13.8 Å². The zero-order chi connectivity index (χ0) is 13.1. The largest absolute Gasteiger partial charge is 0.396 e. The summed E-state index contributed by atoms with van der Waals surface area (Å²) in [4.78, 5) is 11.6. The van der Waals surface area contributed by atoms with Gasteiger partial charge in [-0.25, -0.2) is 8.78 Å². The maximum Gasteiger partial charge on any atom is 0.254 e. The first kappa shape index (κ1) is 13.6. The van der Waals surface area contributed by atoms with Crippen LogP contribution >= 0.6 is 0 Å². The van der Waals surface area contributed by atoms with Crippen molar-refractivity contribution in [2.75, 3.05) is 13.2 Å². The lowest BCUT2D eigenvalue weighted by atomic mass is 9.95. The molecule has 0 unspecified atom stereocenters. The lowest BCUT2D eigenvalue weighted by Gasteiger charge is -2.21. The van der Waals surface area contributed by atoms with Gasteiger partial charge in [0.2, 0.25) is 0 Å². The maximum absolute atomic E-state index is 13.3. The Morgan fingerprint density at radius 3 is 2.65 bits per heavy atom.